The van der Waals surface area contributed by atoms with Gasteiger partial charge in [0.05, 0.1) is 5.60 Å². The SMILES string of the molecule is C=C(C)c1ccc2cc(C3(OC(C)(C)C(C)(O)C(F)(F)F)CCCC3)ccc2c1. The number of halogens is 3. The number of ether oxygens (including phenoxy) is 1. The summed E-state index contributed by atoms with van der Waals surface area (Å²) in [6, 6.07) is 12.0. The Morgan fingerprint density at radius 2 is 1.55 bits per heavy atom. The molecule has 0 aliphatic heterocycles. The van der Waals surface area contributed by atoms with Gasteiger partial charge >= 0.3 is 6.18 Å². The number of allylic oxidation sites excluding steroid dienone is 1. The van der Waals surface area contributed by atoms with E-state index < -0.39 is 23.0 Å². The molecule has 0 heterocycles. The molecule has 2 nitrogen and oxygen atoms in total. The molecular weight excluding hydrogens is 377 g/mol. The van der Waals surface area contributed by atoms with E-state index in [-0.39, 0.29) is 0 Å². The lowest BCUT2D eigenvalue weighted by atomic mass is 9.83. The Balaban J connectivity index is 2.03. The number of benzene rings is 2. The minimum atomic E-state index is -4.79. The van der Waals surface area contributed by atoms with Crippen molar-refractivity contribution in [2.24, 2.45) is 0 Å². The van der Waals surface area contributed by atoms with Gasteiger partial charge in [0.2, 0.25) is 0 Å². The van der Waals surface area contributed by atoms with Crippen molar-refractivity contribution in [1.29, 1.82) is 0 Å². The van der Waals surface area contributed by atoms with Crippen LogP contribution in [0.2, 0.25) is 0 Å². The van der Waals surface area contributed by atoms with Gasteiger partial charge in [0.1, 0.15) is 5.60 Å². The summed E-state index contributed by atoms with van der Waals surface area (Å²) in [5, 5.41) is 12.3. The van der Waals surface area contributed by atoms with Gasteiger partial charge in [-0.25, -0.2) is 0 Å². The molecule has 0 aromatic heterocycles. The molecular formula is C24H29F3O2. The number of fused-ring (bicyclic) bond motifs is 1. The number of alkyl halides is 3. The van der Waals surface area contributed by atoms with Gasteiger partial charge in [-0.3, -0.25) is 0 Å². The monoisotopic (exact) mass is 406 g/mol. The van der Waals surface area contributed by atoms with Crippen LogP contribution in [-0.2, 0) is 10.3 Å². The van der Waals surface area contributed by atoms with Crippen molar-refractivity contribution in [1.82, 2.24) is 0 Å². The fraction of sp³-hybridized carbons (Fsp3) is 0.500. The molecule has 1 aliphatic rings. The summed E-state index contributed by atoms with van der Waals surface area (Å²) in [6.07, 6.45) is -1.80. The first-order valence-corrected chi connectivity index (χ1v) is 9.99. The fourth-order valence-corrected chi connectivity index (χ4v) is 4.12. The second kappa shape index (κ2) is 7.13. The molecule has 29 heavy (non-hydrogen) atoms. The lowest BCUT2D eigenvalue weighted by molar-refractivity contribution is -0.330. The summed E-state index contributed by atoms with van der Waals surface area (Å²) in [5.41, 5.74) is -2.74. The third-order valence-corrected chi connectivity index (χ3v) is 6.45. The van der Waals surface area contributed by atoms with Crippen molar-refractivity contribution < 1.29 is 23.0 Å². The Labute approximate surface area is 170 Å². The van der Waals surface area contributed by atoms with Crippen LogP contribution in [0.25, 0.3) is 16.3 Å². The maximum Gasteiger partial charge on any atom is 0.419 e. The van der Waals surface area contributed by atoms with E-state index in [1.807, 2.05) is 37.3 Å². The van der Waals surface area contributed by atoms with E-state index >= 15 is 0 Å². The molecule has 1 unspecified atom stereocenters. The molecule has 1 saturated carbocycles. The van der Waals surface area contributed by atoms with Gasteiger partial charge in [0, 0.05) is 0 Å². The van der Waals surface area contributed by atoms with E-state index in [9.17, 15) is 18.3 Å². The zero-order valence-corrected chi connectivity index (χ0v) is 17.5. The van der Waals surface area contributed by atoms with Crippen LogP contribution in [0.15, 0.2) is 43.0 Å². The second-order valence-electron chi connectivity index (χ2n) is 8.94. The van der Waals surface area contributed by atoms with E-state index in [0.29, 0.717) is 12.8 Å². The van der Waals surface area contributed by atoms with Crippen molar-refractivity contribution in [3.05, 3.63) is 54.1 Å². The molecule has 3 rings (SSSR count). The summed E-state index contributed by atoms with van der Waals surface area (Å²) in [6.45, 7) is 9.35. The lowest BCUT2D eigenvalue weighted by Gasteiger charge is -2.46. The van der Waals surface area contributed by atoms with E-state index in [4.69, 9.17) is 4.74 Å². The molecule has 1 aliphatic carbocycles. The van der Waals surface area contributed by atoms with Gasteiger partial charge in [-0.2, -0.15) is 13.2 Å². The van der Waals surface area contributed by atoms with Crippen LogP contribution in [-0.4, -0.2) is 22.5 Å². The highest BCUT2D eigenvalue weighted by Gasteiger charge is 2.62. The molecule has 2 aromatic rings. The Hall–Kier alpha value is -1.85. The summed E-state index contributed by atoms with van der Waals surface area (Å²) in [7, 11) is 0. The number of rotatable bonds is 5. The van der Waals surface area contributed by atoms with Crippen molar-refractivity contribution in [2.45, 2.75) is 76.4 Å². The van der Waals surface area contributed by atoms with E-state index in [0.717, 1.165) is 47.2 Å². The molecule has 1 fully saturated rings. The highest BCUT2D eigenvalue weighted by molar-refractivity contribution is 5.86. The molecule has 0 saturated heterocycles. The molecule has 2 aromatic carbocycles. The smallest absolute Gasteiger partial charge is 0.378 e. The van der Waals surface area contributed by atoms with Crippen molar-refractivity contribution in [3.8, 4) is 0 Å². The lowest BCUT2D eigenvalue weighted by Crippen LogP contribution is -2.61. The van der Waals surface area contributed by atoms with E-state index in [1.54, 1.807) is 0 Å². The minimum Gasteiger partial charge on any atom is -0.378 e. The highest BCUT2D eigenvalue weighted by atomic mass is 19.4. The maximum atomic E-state index is 13.5. The van der Waals surface area contributed by atoms with Gasteiger partial charge in [0.25, 0.3) is 0 Å². The molecule has 158 valence electrons. The normalized spacial score (nSPS) is 19.3. The quantitative estimate of drug-likeness (QED) is 0.595. The molecule has 5 heteroatoms. The van der Waals surface area contributed by atoms with Crippen molar-refractivity contribution >= 4 is 16.3 Å². The van der Waals surface area contributed by atoms with Crippen LogP contribution in [0.3, 0.4) is 0 Å². The average molecular weight is 406 g/mol. The Morgan fingerprint density at radius 1 is 1.00 bits per heavy atom. The number of aliphatic hydroxyl groups is 1. The standard InChI is InChI=1S/C24H29F3O2/c1-16(2)17-8-9-19-15-20(11-10-18(19)14-17)23(12-6-7-13-23)29-21(3,4)22(5,28)24(25,26)27/h8-11,14-15,28H,1,6-7,12-13H2,2-5H3. The molecule has 0 spiro atoms. The van der Waals surface area contributed by atoms with Crippen LogP contribution in [0.4, 0.5) is 13.2 Å². The maximum absolute atomic E-state index is 13.5. The van der Waals surface area contributed by atoms with Crippen molar-refractivity contribution in [3.63, 3.8) is 0 Å². The second-order valence-corrected chi connectivity index (χ2v) is 8.94. The van der Waals surface area contributed by atoms with Crippen LogP contribution in [0.1, 0.15) is 64.5 Å². The first-order valence-electron chi connectivity index (χ1n) is 9.99. The van der Waals surface area contributed by atoms with Crippen LogP contribution < -0.4 is 0 Å². The largest absolute Gasteiger partial charge is 0.419 e. The third-order valence-electron chi connectivity index (χ3n) is 6.45. The van der Waals surface area contributed by atoms with Crippen LogP contribution in [0, 0.1) is 0 Å². The summed E-state index contributed by atoms with van der Waals surface area (Å²) in [4.78, 5) is 0. The summed E-state index contributed by atoms with van der Waals surface area (Å²) in [5.74, 6) is 0. The van der Waals surface area contributed by atoms with E-state index in [1.165, 1.54) is 13.8 Å². The van der Waals surface area contributed by atoms with Gasteiger partial charge in [0.15, 0.2) is 5.60 Å². The minimum absolute atomic E-state index is 0.625. The molecule has 1 atom stereocenters. The zero-order chi connectivity index (χ0) is 21.7. The van der Waals surface area contributed by atoms with Gasteiger partial charge in [-0.05, 0) is 74.6 Å². The van der Waals surface area contributed by atoms with Gasteiger partial charge in [-0.1, -0.05) is 49.3 Å². The number of hydrogen-bond acceptors (Lipinski definition) is 2. The predicted molar refractivity (Wildman–Crippen MR) is 111 cm³/mol. The first-order chi connectivity index (χ1) is 13.3. The number of hydrogen-bond donors (Lipinski definition) is 1. The topological polar surface area (TPSA) is 29.5 Å². The third kappa shape index (κ3) is 3.82. The Morgan fingerprint density at radius 3 is 2.10 bits per heavy atom. The average Bonchev–Trinajstić information content (AvgIpc) is 3.08. The molecule has 0 radical (unpaired) electrons. The predicted octanol–water partition coefficient (Wildman–Crippen LogP) is 6.75. The Kier molecular flexibility index (Phi) is 5.38. The molecule has 0 bridgehead atoms. The van der Waals surface area contributed by atoms with Crippen LogP contribution in [0.5, 0.6) is 0 Å². The first kappa shape index (κ1) is 21.8. The Bertz CT molecular complexity index is 919. The van der Waals surface area contributed by atoms with Gasteiger partial charge < -0.3 is 9.84 Å². The zero-order valence-electron chi connectivity index (χ0n) is 17.5. The van der Waals surface area contributed by atoms with E-state index in [2.05, 4.69) is 12.6 Å². The highest BCUT2D eigenvalue weighted by Crippen LogP contribution is 2.50. The summed E-state index contributed by atoms with van der Waals surface area (Å²) >= 11 is 0. The molecule has 0 amide bonds. The van der Waals surface area contributed by atoms with Crippen molar-refractivity contribution in [2.75, 3.05) is 0 Å². The fourth-order valence-electron chi connectivity index (χ4n) is 4.12. The summed E-state index contributed by atoms with van der Waals surface area (Å²) < 4.78 is 46.7. The van der Waals surface area contributed by atoms with Gasteiger partial charge in [-0.15, -0.1) is 0 Å². The molecule has 1 N–H and O–H groups in total. The van der Waals surface area contributed by atoms with Crippen LogP contribution >= 0.6 is 0 Å².